The van der Waals surface area contributed by atoms with Crippen LogP contribution in [0.2, 0.25) is 0 Å². The third-order valence-corrected chi connectivity index (χ3v) is 2.53. The van der Waals surface area contributed by atoms with Crippen molar-refractivity contribution in [3.8, 4) is 5.75 Å². The van der Waals surface area contributed by atoms with E-state index in [2.05, 4.69) is 18.7 Å². The first kappa shape index (κ1) is 11.7. The molecule has 1 rings (SSSR count). The molecule has 0 aliphatic rings. The Hall–Kier alpha value is -1.35. The Bertz CT molecular complexity index is 332. The number of carbonyl (C=O) groups is 1. The van der Waals surface area contributed by atoms with Crippen molar-refractivity contribution in [2.45, 2.75) is 20.4 Å². The summed E-state index contributed by atoms with van der Waals surface area (Å²) in [5.74, 6) is 0.257. The van der Waals surface area contributed by atoms with Gasteiger partial charge in [0, 0.05) is 17.7 Å². The summed E-state index contributed by atoms with van der Waals surface area (Å²) in [6.07, 6.45) is 0.797. The summed E-state index contributed by atoms with van der Waals surface area (Å²) in [5.41, 5.74) is 1.42. The van der Waals surface area contributed by atoms with Gasteiger partial charge in [-0.3, -0.25) is 9.69 Å². The maximum absolute atomic E-state index is 10.6. The first-order valence-electron chi connectivity index (χ1n) is 5.20. The molecule has 0 aliphatic heterocycles. The molecule has 1 N–H and O–H groups in total. The summed E-state index contributed by atoms with van der Waals surface area (Å²) in [6.45, 7) is 6.69. The van der Waals surface area contributed by atoms with Crippen LogP contribution in [-0.4, -0.2) is 29.4 Å². The lowest BCUT2D eigenvalue weighted by molar-refractivity contribution is 0.112. The van der Waals surface area contributed by atoms with Crippen LogP contribution in [0.1, 0.15) is 29.8 Å². The van der Waals surface area contributed by atoms with Gasteiger partial charge < -0.3 is 5.11 Å². The lowest BCUT2D eigenvalue weighted by atomic mass is 10.1. The Balaban J connectivity index is 2.87. The number of aromatic hydroxyl groups is 1. The van der Waals surface area contributed by atoms with Gasteiger partial charge in [-0.2, -0.15) is 0 Å². The summed E-state index contributed by atoms with van der Waals surface area (Å²) in [7, 11) is 0. The standard InChI is InChI=1S/C12H17NO2/c1-3-13(4-2)8-11-7-10(9-14)5-6-12(11)15/h5-7,9,15H,3-4,8H2,1-2H3. The van der Waals surface area contributed by atoms with Gasteiger partial charge >= 0.3 is 0 Å². The van der Waals surface area contributed by atoms with Crippen molar-refractivity contribution in [1.82, 2.24) is 4.90 Å². The van der Waals surface area contributed by atoms with E-state index in [1.54, 1.807) is 18.2 Å². The van der Waals surface area contributed by atoms with E-state index in [0.717, 1.165) is 24.9 Å². The van der Waals surface area contributed by atoms with Crippen LogP contribution in [0.15, 0.2) is 18.2 Å². The van der Waals surface area contributed by atoms with Crippen molar-refractivity contribution in [2.75, 3.05) is 13.1 Å². The average molecular weight is 207 g/mol. The normalized spacial score (nSPS) is 10.6. The van der Waals surface area contributed by atoms with E-state index in [1.165, 1.54) is 0 Å². The summed E-state index contributed by atoms with van der Waals surface area (Å²) in [5, 5.41) is 9.63. The second kappa shape index (κ2) is 5.51. The highest BCUT2D eigenvalue weighted by molar-refractivity contribution is 5.75. The fraction of sp³-hybridized carbons (Fsp3) is 0.417. The molecule has 0 fully saturated rings. The van der Waals surface area contributed by atoms with E-state index in [0.29, 0.717) is 12.1 Å². The van der Waals surface area contributed by atoms with E-state index in [1.807, 2.05) is 0 Å². The van der Waals surface area contributed by atoms with Crippen LogP contribution >= 0.6 is 0 Å². The number of phenols is 1. The molecule has 3 heteroatoms. The van der Waals surface area contributed by atoms with Gasteiger partial charge in [0.15, 0.2) is 0 Å². The number of nitrogens with zero attached hydrogens (tertiary/aromatic N) is 1. The predicted octanol–water partition coefficient (Wildman–Crippen LogP) is 2.05. The van der Waals surface area contributed by atoms with E-state index in [9.17, 15) is 9.90 Å². The molecule has 0 saturated carbocycles. The quantitative estimate of drug-likeness (QED) is 0.751. The Morgan fingerprint density at radius 1 is 1.33 bits per heavy atom. The monoisotopic (exact) mass is 207 g/mol. The Morgan fingerprint density at radius 3 is 2.53 bits per heavy atom. The molecular weight excluding hydrogens is 190 g/mol. The summed E-state index contributed by atoms with van der Waals surface area (Å²) in [6, 6.07) is 4.93. The van der Waals surface area contributed by atoms with Crippen molar-refractivity contribution in [3.05, 3.63) is 29.3 Å². The van der Waals surface area contributed by atoms with Crippen LogP contribution in [0.4, 0.5) is 0 Å². The molecule has 0 bridgehead atoms. The first-order chi connectivity index (χ1) is 7.21. The number of benzene rings is 1. The van der Waals surface area contributed by atoms with Crippen molar-refractivity contribution in [2.24, 2.45) is 0 Å². The zero-order chi connectivity index (χ0) is 11.3. The van der Waals surface area contributed by atoms with Gasteiger partial charge in [-0.05, 0) is 31.3 Å². The molecule has 0 atom stereocenters. The minimum absolute atomic E-state index is 0.257. The van der Waals surface area contributed by atoms with Crippen LogP contribution in [0, 0.1) is 0 Å². The molecule has 0 radical (unpaired) electrons. The third-order valence-electron chi connectivity index (χ3n) is 2.53. The third kappa shape index (κ3) is 3.06. The second-order valence-electron chi connectivity index (χ2n) is 3.47. The predicted molar refractivity (Wildman–Crippen MR) is 60.1 cm³/mol. The van der Waals surface area contributed by atoms with Gasteiger partial charge in [0.2, 0.25) is 0 Å². The number of carbonyl (C=O) groups excluding carboxylic acids is 1. The van der Waals surface area contributed by atoms with Crippen molar-refractivity contribution in [3.63, 3.8) is 0 Å². The van der Waals surface area contributed by atoms with Gasteiger partial charge in [0.05, 0.1) is 0 Å². The Morgan fingerprint density at radius 2 is 2.00 bits per heavy atom. The van der Waals surface area contributed by atoms with Crippen LogP contribution in [0.25, 0.3) is 0 Å². The molecular formula is C12H17NO2. The molecule has 0 spiro atoms. The summed E-state index contributed by atoms with van der Waals surface area (Å²) < 4.78 is 0. The topological polar surface area (TPSA) is 40.5 Å². The Kier molecular flexibility index (Phi) is 4.31. The molecule has 0 aliphatic carbocycles. The zero-order valence-electron chi connectivity index (χ0n) is 9.23. The molecule has 15 heavy (non-hydrogen) atoms. The Labute approximate surface area is 90.3 Å². The maximum atomic E-state index is 10.6. The first-order valence-corrected chi connectivity index (χ1v) is 5.20. The summed E-state index contributed by atoms with van der Waals surface area (Å²) in [4.78, 5) is 12.8. The van der Waals surface area contributed by atoms with Gasteiger partial charge in [-0.25, -0.2) is 0 Å². The molecule has 0 heterocycles. The van der Waals surface area contributed by atoms with Crippen molar-refractivity contribution >= 4 is 6.29 Å². The number of rotatable bonds is 5. The van der Waals surface area contributed by atoms with Gasteiger partial charge in [0.1, 0.15) is 12.0 Å². The van der Waals surface area contributed by atoms with E-state index >= 15 is 0 Å². The fourth-order valence-corrected chi connectivity index (χ4v) is 1.49. The number of aldehydes is 1. The largest absolute Gasteiger partial charge is 0.508 e. The minimum atomic E-state index is 0.257. The van der Waals surface area contributed by atoms with Crippen LogP contribution < -0.4 is 0 Å². The van der Waals surface area contributed by atoms with Crippen molar-refractivity contribution < 1.29 is 9.90 Å². The van der Waals surface area contributed by atoms with Crippen LogP contribution in [0.5, 0.6) is 5.75 Å². The molecule has 1 aromatic carbocycles. The number of phenolic OH excluding ortho intramolecular Hbond substituents is 1. The molecule has 82 valence electrons. The number of hydrogen-bond donors (Lipinski definition) is 1. The molecule has 0 saturated heterocycles. The SMILES string of the molecule is CCN(CC)Cc1cc(C=O)ccc1O. The average Bonchev–Trinajstić information content (AvgIpc) is 2.28. The van der Waals surface area contributed by atoms with Crippen molar-refractivity contribution in [1.29, 1.82) is 0 Å². The zero-order valence-corrected chi connectivity index (χ0v) is 9.23. The highest BCUT2D eigenvalue weighted by Gasteiger charge is 2.06. The maximum Gasteiger partial charge on any atom is 0.150 e. The van der Waals surface area contributed by atoms with Gasteiger partial charge in [-0.1, -0.05) is 13.8 Å². The van der Waals surface area contributed by atoms with Crippen LogP contribution in [-0.2, 0) is 6.54 Å². The summed E-state index contributed by atoms with van der Waals surface area (Å²) >= 11 is 0. The van der Waals surface area contributed by atoms with Gasteiger partial charge in [-0.15, -0.1) is 0 Å². The molecule has 0 amide bonds. The van der Waals surface area contributed by atoms with E-state index in [-0.39, 0.29) is 5.75 Å². The lowest BCUT2D eigenvalue weighted by Gasteiger charge is -2.18. The lowest BCUT2D eigenvalue weighted by Crippen LogP contribution is -2.22. The highest BCUT2D eigenvalue weighted by Crippen LogP contribution is 2.19. The van der Waals surface area contributed by atoms with E-state index in [4.69, 9.17) is 0 Å². The fourth-order valence-electron chi connectivity index (χ4n) is 1.49. The minimum Gasteiger partial charge on any atom is -0.508 e. The molecule has 3 nitrogen and oxygen atoms in total. The van der Waals surface area contributed by atoms with E-state index < -0.39 is 0 Å². The van der Waals surface area contributed by atoms with Crippen LogP contribution in [0.3, 0.4) is 0 Å². The molecule has 1 aromatic rings. The molecule has 0 aromatic heterocycles. The molecule has 0 unspecified atom stereocenters. The second-order valence-corrected chi connectivity index (χ2v) is 3.47. The smallest absolute Gasteiger partial charge is 0.150 e. The number of hydrogen-bond acceptors (Lipinski definition) is 3. The highest BCUT2D eigenvalue weighted by atomic mass is 16.3. The van der Waals surface area contributed by atoms with Gasteiger partial charge in [0.25, 0.3) is 0 Å².